The van der Waals surface area contributed by atoms with Gasteiger partial charge >= 0.3 is 0 Å². The van der Waals surface area contributed by atoms with Gasteiger partial charge in [0, 0.05) is 24.6 Å². The highest BCUT2D eigenvalue weighted by atomic mass is 15.1. The average Bonchev–Trinajstić information content (AvgIpc) is 2.37. The standard InChI is InChI=1S/C17H30N4/c1-6-18-15-10-16(21-17(20-15)11(2)3)19-14-8-12(4)7-13(5)9-14/h10-14H,6-9H2,1-5H3,(H2,18,19,20,21). The van der Waals surface area contributed by atoms with Crippen LogP contribution in [0.4, 0.5) is 11.6 Å². The van der Waals surface area contributed by atoms with Gasteiger partial charge in [-0.2, -0.15) is 0 Å². The Morgan fingerprint density at radius 3 is 2.29 bits per heavy atom. The van der Waals surface area contributed by atoms with Crippen LogP contribution in [0.1, 0.15) is 65.6 Å². The summed E-state index contributed by atoms with van der Waals surface area (Å²) in [5.74, 6) is 4.74. The summed E-state index contributed by atoms with van der Waals surface area (Å²) < 4.78 is 0. The molecule has 118 valence electrons. The van der Waals surface area contributed by atoms with Crippen LogP contribution in [-0.4, -0.2) is 22.6 Å². The van der Waals surface area contributed by atoms with Crippen molar-refractivity contribution in [3.05, 3.63) is 11.9 Å². The summed E-state index contributed by atoms with van der Waals surface area (Å²) in [6.45, 7) is 12.0. The molecule has 2 atom stereocenters. The minimum absolute atomic E-state index is 0.341. The highest BCUT2D eigenvalue weighted by Gasteiger charge is 2.24. The third kappa shape index (κ3) is 4.58. The van der Waals surface area contributed by atoms with E-state index in [1.165, 1.54) is 19.3 Å². The first kappa shape index (κ1) is 16.1. The van der Waals surface area contributed by atoms with Gasteiger partial charge in [-0.05, 0) is 38.0 Å². The summed E-state index contributed by atoms with van der Waals surface area (Å²) in [7, 11) is 0. The van der Waals surface area contributed by atoms with Crippen molar-refractivity contribution in [2.75, 3.05) is 17.2 Å². The van der Waals surface area contributed by atoms with E-state index >= 15 is 0 Å². The van der Waals surface area contributed by atoms with Crippen LogP contribution in [0, 0.1) is 11.8 Å². The Labute approximate surface area is 129 Å². The van der Waals surface area contributed by atoms with Crippen LogP contribution in [-0.2, 0) is 0 Å². The smallest absolute Gasteiger partial charge is 0.135 e. The molecule has 0 amide bonds. The Bertz CT molecular complexity index is 448. The molecule has 1 aliphatic rings. The first-order valence-corrected chi connectivity index (χ1v) is 8.37. The minimum Gasteiger partial charge on any atom is -0.370 e. The number of rotatable bonds is 5. The quantitative estimate of drug-likeness (QED) is 0.850. The largest absolute Gasteiger partial charge is 0.370 e. The van der Waals surface area contributed by atoms with Crippen molar-refractivity contribution in [1.82, 2.24) is 9.97 Å². The lowest BCUT2D eigenvalue weighted by Crippen LogP contribution is -2.30. The highest BCUT2D eigenvalue weighted by Crippen LogP contribution is 2.30. The lowest BCUT2D eigenvalue weighted by molar-refractivity contribution is 0.280. The summed E-state index contributed by atoms with van der Waals surface area (Å²) in [5, 5.41) is 6.95. The fourth-order valence-corrected chi connectivity index (χ4v) is 3.34. The summed E-state index contributed by atoms with van der Waals surface area (Å²) >= 11 is 0. The Morgan fingerprint density at radius 2 is 1.71 bits per heavy atom. The van der Waals surface area contributed by atoms with E-state index in [-0.39, 0.29) is 0 Å². The van der Waals surface area contributed by atoms with E-state index < -0.39 is 0 Å². The zero-order valence-corrected chi connectivity index (χ0v) is 14.1. The van der Waals surface area contributed by atoms with Crippen LogP contribution >= 0.6 is 0 Å². The van der Waals surface area contributed by atoms with E-state index in [2.05, 4.69) is 50.2 Å². The third-order valence-corrected chi connectivity index (χ3v) is 4.15. The Kier molecular flexibility index (Phi) is 5.43. The van der Waals surface area contributed by atoms with Gasteiger partial charge < -0.3 is 10.6 Å². The summed E-state index contributed by atoms with van der Waals surface area (Å²) in [5.41, 5.74) is 0. The number of nitrogens with one attached hydrogen (secondary N) is 2. The molecule has 0 bridgehead atoms. The molecule has 2 unspecified atom stereocenters. The highest BCUT2D eigenvalue weighted by molar-refractivity contribution is 5.48. The Hall–Kier alpha value is -1.32. The summed E-state index contributed by atoms with van der Waals surface area (Å²) in [4.78, 5) is 9.28. The topological polar surface area (TPSA) is 49.8 Å². The SMILES string of the molecule is CCNc1cc(NC2CC(C)CC(C)C2)nc(C(C)C)n1. The Morgan fingerprint density at radius 1 is 1.10 bits per heavy atom. The van der Waals surface area contributed by atoms with E-state index in [4.69, 9.17) is 4.98 Å². The molecular weight excluding hydrogens is 260 g/mol. The van der Waals surface area contributed by atoms with Gasteiger partial charge in [-0.15, -0.1) is 0 Å². The van der Waals surface area contributed by atoms with E-state index in [1.54, 1.807) is 0 Å². The maximum absolute atomic E-state index is 4.70. The molecule has 1 aliphatic carbocycles. The van der Waals surface area contributed by atoms with Crippen LogP contribution in [0.2, 0.25) is 0 Å². The van der Waals surface area contributed by atoms with Crippen LogP contribution in [0.15, 0.2) is 6.07 Å². The zero-order chi connectivity index (χ0) is 15.4. The number of aromatic nitrogens is 2. The van der Waals surface area contributed by atoms with E-state index in [9.17, 15) is 0 Å². The van der Waals surface area contributed by atoms with Crippen molar-refractivity contribution in [3.63, 3.8) is 0 Å². The van der Waals surface area contributed by atoms with Crippen molar-refractivity contribution in [1.29, 1.82) is 0 Å². The lowest BCUT2D eigenvalue weighted by Gasteiger charge is -2.32. The normalized spacial score (nSPS) is 25.9. The maximum atomic E-state index is 4.70. The van der Waals surface area contributed by atoms with E-state index in [0.717, 1.165) is 35.8 Å². The first-order chi connectivity index (χ1) is 9.97. The zero-order valence-electron chi connectivity index (χ0n) is 14.1. The molecule has 0 spiro atoms. The molecule has 0 saturated heterocycles. The second kappa shape index (κ2) is 7.10. The van der Waals surface area contributed by atoms with Gasteiger partial charge in [0.2, 0.25) is 0 Å². The van der Waals surface area contributed by atoms with Crippen molar-refractivity contribution >= 4 is 11.6 Å². The van der Waals surface area contributed by atoms with Crippen molar-refractivity contribution < 1.29 is 0 Å². The van der Waals surface area contributed by atoms with Crippen LogP contribution in [0.3, 0.4) is 0 Å². The number of hydrogen-bond donors (Lipinski definition) is 2. The van der Waals surface area contributed by atoms with Crippen LogP contribution < -0.4 is 10.6 Å². The van der Waals surface area contributed by atoms with Crippen LogP contribution in [0.5, 0.6) is 0 Å². The van der Waals surface area contributed by atoms with Gasteiger partial charge in [-0.1, -0.05) is 27.7 Å². The molecule has 21 heavy (non-hydrogen) atoms. The molecule has 1 heterocycles. The van der Waals surface area contributed by atoms with Crippen molar-refractivity contribution in [2.45, 2.75) is 65.8 Å². The molecule has 0 radical (unpaired) electrons. The molecule has 0 aliphatic heterocycles. The summed E-state index contributed by atoms with van der Waals surface area (Å²) in [6, 6.07) is 2.58. The van der Waals surface area contributed by atoms with Gasteiger partial charge in [0.05, 0.1) is 0 Å². The first-order valence-electron chi connectivity index (χ1n) is 8.37. The molecular formula is C17H30N4. The van der Waals surface area contributed by atoms with Gasteiger partial charge in [0.25, 0.3) is 0 Å². The lowest BCUT2D eigenvalue weighted by atomic mass is 9.80. The number of anilines is 2. The average molecular weight is 290 g/mol. The monoisotopic (exact) mass is 290 g/mol. The second-order valence-electron chi connectivity index (χ2n) is 6.94. The molecule has 1 aromatic heterocycles. The summed E-state index contributed by atoms with van der Waals surface area (Å²) in [6.07, 6.45) is 3.83. The molecule has 1 aromatic rings. The van der Waals surface area contributed by atoms with E-state index in [1.807, 2.05) is 6.07 Å². The molecule has 2 rings (SSSR count). The number of hydrogen-bond acceptors (Lipinski definition) is 4. The number of nitrogens with zero attached hydrogens (tertiary/aromatic N) is 2. The van der Waals surface area contributed by atoms with Gasteiger partial charge in [0.15, 0.2) is 0 Å². The van der Waals surface area contributed by atoms with Gasteiger partial charge in [-0.3, -0.25) is 0 Å². The molecule has 1 saturated carbocycles. The predicted octanol–water partition coefficient (Wildman–Crippen LogP) is 4.27. The minimum atomic E-state index is 0.341. The van der Waals surface area contributed by atoms with E-state index in [0.29, 0.717) is 12.0 Å². The maximum Gasteiger partial charge on any atom is 0.135 e. The molecule has 2 N–H and O–H groups in total. The fraction of sp³-hybridized carbons (Fsp3) is 0.765. The van der Waals surface area contributed by atoms with Gasteiger partial charge in [-0.25, -0.2) is 9.97 Å². The van der Waals surface area contributed by atoms with Gasteiger partial charge in [0.1, 0.15) is 17.5 Å². The van der Waals surface area contributed by atoms with Crippen molar-refractivity contribution in [3.8, 4) is 0 Å². The molecule has 4 nitrogen and oxygen atoms in total. The Balaban J connectivity index is 2.14. The fourth-order valence-electron chi connectivity index (χ4n) is 3.34. The van der Waals surface area contributed by atoms with Crippen LogP contribution in [0.25, 0.3) is 0 Å². The second-order valence-corrected chi connectivity index (χ2v) is 6.94. The molecule has 0 aromatic carbocycles. The predicted molar refractivity (Wildman–Crippen MR) is 89.9 cm³/mol. The molecule has 4 heteroatoms. The molecule has 1 fully saturated rings. The third-order valence-electron chi connectivity index (χ3n) is 4.15. The van der Waals surface area contributed by atoms with Crippen molar-refractivity contribution in [2.24, 2.45) is 11.8 Å².